The quantitative estimate of drug-likeness (QED) is 0.768. The number of carbonyl (C=O) groups excluding carboxylic acids is 1. The molecule has 0 amide bonds. The third-order valence-electron chi connectivity index (χ3n) is 3.38. The summed E-state index contributed by atoms with van der Waals surface area (Å²) in [5.74, 6) is 0.424. The van der Waals surface area contributed by atoms with Crippen molar-refractivity contribution in [2.45, 2.75) is 32.9 Å². The minimum absolute atomic E-state index is 0.116. The van der Waals surface area contributed by atoms with E-state index in [1.807, 2.05) is 13.8 Å². The third-order valence-corrected chi connectivity index (χ3v) is 3.38. The van der Waals surface area contributed by atoms with Gasteiger partial charge in [0.2, 0.25) is 0 Å². The van der Waals surface area contributed by atoms with Gasteiger partial charge in [0.15, 0.2) is 0 Å². The lowest BCUT2D eigenvalue weighted by molar-refractivity contribution is -0.148. The van der Waals surface area contributed by atoms with Crippen molar-refractivity contribution in [3.63, 3.8) is 0 Å². The van der Waals surface area contributed by atoms with Crippen LogP contribution in [0.3, 0.4) is 0 Å². The molecule has 5 heteroatoms. The summed E-state index contributed by atoms with van der Waals surface area (Å²) < 4.78 is 36.6. The molecule has 1 rings (SSSR count). The zero-order valence-corrected chi connectivity index (χ0v) is 10.5. The lowest BCUT2D eigenvalue weighted by Crippen LogP contribution is -2.41. The highest BCUT2D eigenvalue weighted by molar-refractivity contribution is 5.82. The number of halogens is 3. The Labute approximate surface area is 100 Å². The van der Waals surface area contributed by atoms with Gasteiger partial charge in [-0.3, -0.25) is 9.69 Å². The van der Waals surface area contributed by atoms with Crippen molar-refractivity contribution in [2.24, 2.45) is 17.8 Å². The summed E-state index contributed by atoms with van der Waals surface area (Å²) >= 11 is 0. The summed E-state index contributed by atoms with van der Waals surface area (Å²) in [6.07, 6.45) is -2.76. The van der Waals surface area contributed by atoms with Crippen molar-refractivity contribution in [3.8, 4) is 0 Å². The van der Waals surface area contributed by atoms with Crippen molar-refractivity contribution in [3.05, 3.63) is 0 Å². The number of Topliss-reactive ketones (excluding diaryl/α,β-unsaturated/α-hetero) is 1. The minimum Gasteiger partial charge on any atom is -0.299 e. The van der Waals surface area contributed by atoms with Crippen molar-refractivity contribution in [1.82, 2.24) is 4.90 Å². The number of carbonyl (C=O) groups is 1. The van der Waals surface area contributed by atoms with E-state index in [4.69, 9.17) is 0 Å². The molecule has 100 valence electrons. The molecule has 0 heterocycles. The van der Waals surface area contributed by atoms with E-state index in [-0.39, 0.29) is 24.2 Å². The zero-order valence-electron chi connectivity index (χ0n) is 10.5. The zero-order chi connectivity index (χ0) is 13.2. The van der Waals surface area contributed by atoms with Gasteiger partial charge in [0, 0.05) is 18.9 Å². The Morgan fingerprint density at radius 1 is 1.35 bits per heavy atom. The van der Waals surface area contributed by atoms with E-state index in [1.165, 1.54) is 11.9 Å². The summed E-state index contributed by atoms with van der Waals surface area (Å²) in [7, 11) is 1.42. The second-order valence-electron chi connectivity index (χ2n) is 5.41. The molecular formula is C12H20F3NO. The van der Waals surface area contributed by atoms with Crippen LogP contribution in [0.15, 0.2) is 0 Å². The molecular weight excluding hydrogens is 231 g/mol. The van der Waals surface area contributed by atoms with Gasteiger partial charge < -0.3 is 0 Å². The Morgan fingerprint density at radius 2 is 1.94 bits per heavy atom. The maximum atomic E-state index is 12.2. The van der Waals surface area contributed by atoms with Crippen LogP contribution in [0, 0.1) is 17.8 Å². The Balaban J connectivity index is 2.52. The monoisotopic (exact) mass is 251 g/mol. The highest BCUT2D eigenvalue weighted by Crippen LogP contribution is 2.31. The Morgan fingerprint density at radius 3 is 2.41 bits per heavy atom. The predicted molar refractivity (Wildman–Crippen MR) is 59.6 cm³/mol. The smallest absolute Gasteiger partial charge is 0.299 e. The largest absolute Gasteiger partial charge is 0.401 e. The van der Waals surface area contributed by atoms with E-state index < -0.39 is 12.7 Å². The van der Waals surface area contributed by atoms with Gasteiger partial charge in [-0.2, -0.15) is 13.2 Å². The first kappa shape index (κ1) is 14.5. The first-order valence-corrected chi connectivity index (χ1v) is 5.97. The van der Waals surface area contributed by atoms with Crippen LogP contribution in [0.4, 0.5) is 13.2 Å². The number of hydrogen-bond donors (Lipinski definition) is 0. The Bertz CT molecular complexity index is 277. The van der Waals surface area contributed by atoms with Crippen LogP contribution in [0.1, 0.15) is 26.7 Å². The molecule has 0 aromatic carbocycles. The standard InChI is InChI=1S/C12H20F3NO/c1-8-4-9(2)10(11(17)5-8)6-16(3)7-12(13,14)15/h8-10H,4-7H2,1-3H3. The minimum atomic E-state index is -4.19. The first-order chi connectivity index (χ1) is 7.69. The SMILES string of the molecule is CC1CC(=O)C(CN(C)CC(F)(F)F)C(C)C1. The highest BCUT2D eigenvalue weighted by atomic mass is 19.4. The molecule has 1 fully saturated rings. The molecule has 0 bridgehead atoms. The van der Waals surface area contributed by atoms with E-state index in [0.717, 1.165) is 6.42 Å². The summed E-state index contributed by atoms with van der Waals surface area (Å²) in [5.41, 5.74) is 0. The predicted octanol–water partition coefficient (Wildman–Crippen LogP) is 2.73. The number of alkyl halides is 3. The Kier molecular flexibility index (Phi) is 4.58. The molecule has 0 spiro atoms. The molecule has 17 heavy (non-hydrogen) atoms. The lowest BCUT2D eigenvalue weighted by atomic mass is 9.74. The fourth-order valence-corrected chi connectivity index (χ4v) is 2.68. The second kappa shape index (κ2) is 5.38. The van der Waals surface area contributed by atoms with E-state index in [1.54, 1.807) is 0 Å². The highest BCUT2D eigenvalue weighted by Gasteiger charge is 2.35. The molecule has 1 aliphatic rings. The summed E-state index contributed by atoms with van der Waals surface area (Å²) in [4.78, 5) is 13.0. The van der Waals surface area contributed by atoms with Gasteiger partial charge in [-0.1, -0.05) is 13.8 Å². The molecule has 0 aliphatic heterocycles. The molecule has 3 unspecified atom stereocenters. The number of rotatable bonds is 3. The number of hydrogen-bond acceptors (Lipinski definition) is 2. The van der Waals surface area contributed by atoms with E-state index in [2.05, 4.69) is 0 Å². The maximum Gasteiger partial charge on any atom is 0.401 e. The summed E-state index contributed by atoms with van der Waals surface area (Å²) in [5, 5.41) is 0. The average Bonchev–Trinajstić information content (AvgIpc) is 2.08. The third kappa shape index (κ3) is 4.66. The van der Waals surface area contributed by atoms with Gasteiger partial charge in [0.1, 0.15) is 5.78 Å². The molecule has 0 saturated heterocycles. The van der Waals surface area contributed by atoms with Crippen molar-refractivity contribution < 1.29 is 18.0 Å². The van der Waals surface area contributed by atoms with Gasteiger partial charge in [-0.05, 0) is 25.3 Å². The van der Waals surface area contributed by atoms with Gasteiger partial charge in [-0.25, -0.2) is 0 Å². The van der Waals surface area contributed by atoms with Crippen LogP contribution in [0.2, 0.25) is 0 Å². The van der Waals surface area contributed by atoms with Crippen molar-refractivity contribution in [2.75, 3.05) is 20.1 Å². The molecule has 0 radical (unpaired) electrons. The van der Waals surface area contributed by atoms with Crippen molar-refractivity contribution >= 4 is 5.78 Å². The fraction of sp³-hybridized carbons (Fsp3) is 0.917. The van der Waals surface area contributed by atoms with Crippen LogP contribution >= 0.6 is 0 Å². The maximum absolute atomic E-state index is 12.2. The van der Waals surface area contributed by atoms with Crippen LogP contribution < -0.4 is 0 Å². The fourth-order valence-electron chi connectivity index (χ4n) is 2.68. The van der Waals surface area contributed by atoms with Gasteiger partial charge in [-0.15, -0.1) is 0 Å². The molecule has 0 aromatic heterocycles. The summed E-state index contributed by atoms with van der Waals surface area (Å²) in [6, 6.07) is 0. The summed E-state index contributed by atoms with van der Waals surface area (Å²) in [6.45, 7) is 3.25. The first-order valence-electron chi connectivity index (χ1n) is 5.97. The molecule has 1 aliphatic carbocycles. The van der Waals surface area contributed by atoms with E-state index in [0.29, 0.717) is 12.3 Å². The lowest BCUT2D eigenvalue weighted by Gasteiger charge is -2.34. The topological polar surface area (TPSA) is 20.3 Å². The van der Waals surface area contributed by atoms with E-state index in [9.17, 15) is 18.0 Å². The van der Waals surface area contributed by atoms with Crippen molar-refractivity contribution in [1.29, 1.82) is 0 Å². The molecule has 1 saturated carbocycles. The normalized spacial score (nSPS) is 31.0. The van der Waals surface area contributed by atoms with Gasteiger partial charge in [0.05, 0.1) is 6.54 Å². The van der Waals surface area contributed by atoms with Crippen LogP contribution in [0.25, 0.3) is 0 Å². The Hall–Kier alpha value is -0.580. The number of nitrogens with zero attached hydrogens (tertiary/aromatic N) is 1. The second-order valence-corrected chi connectivity index (χ2v) is 5.41. The molecule has 0 aromatic rings. The number of ketones is 1. The van der Waals surface area contributed by atoms with Crippen LogP contribution in [-0.2, 0) is 4.79 Å². The van der Waals surface area contributed by atoms with E-state index >= 15 is 0 Å². The van der Waals surface area contributed by atoms with Crippen LogP contribution in [-0.4, -0.2) is 37.0 Å². The molecule has 2 nitrogen and oxygen atoms in total. The average molecular weight is 251 g/mol. The molecule has 0 N–H and O–H groups in total. The van der Waals surface area contributed by atoms with Gasteiger partial charge in [0.25, 0.3) is 0 Å². The van der Waals surface area contributed by atoms with Gasteiger partial charge >= 0.3 is 6.18 Å². The van der Waals surface area contributed by atoms with Crippen LogP contribution in [0.5, 0.6) is 0 Å². The molecule has 3 atom stereocenters.